The van der Waals surface area contributed by atoms with Crippen molar-refractivity contribution in [3.05, 3.63) is 12.2 Å². The first-order valence-electron chi connectivity index (χ1n) is 9.89. The normalized spacial score (nSPS) is 15.3. The largest absolute Gasteiger partial charge is 0.315 e. The third-order valence-electron chi connectivity index (χ3n) is 5.09. The summed E-state index contributed by atoms with van der Waals surface area (Å²) in [5.41, 5.74) is 1.17. The molecule has 0 aliphatic heterocycles. The minimum absolute atomic E-state index is 0.104. The molecule has 0 saturated heterocycles. The zero-order valence-electron chi connectivity index (χ0n) is 16.6. The van der Waals surface area contributed by atoms with Crippen molar-refractivity contribution < 1.29 is 0 Å². The lowest BCUT2D eigenvalue weighted by atomic mass is 9.90. The Balaban J connectivity index is 4.29. The van der Waals surface area contributed by atoms with Crippen molar-refractivity contribution in [2.45, 2.75) is 84.7 Å². The fraction of sp³-hybridized carbons (Fsp3) is 0.900. The Bertz CT molecular complexity index is 291. The molecule has 0 heterocycles. The smallest absolute Gasteiger partial charge is 0.0904 e. The highest BCUT2D eigenvalue weighted by Crippen LogP contribution is 2.23. The van der Waals surface area contributed by atoms with Gasteiger partial charge in [0.15, 0.2) is 0 Å². The van der Waals surface area contributed by atoms with Crippen LogP contribution in [0.4, 0.5) is 0 Å². The van der Waals surface area contributed by atoms with E-state index in [4.69, 9.17) is 0 Å². The van der Waals surface area contributed by atoms with Crippen molar-refractivity contribution in [1.82, 2.24) is 16.0 Å². The molecular formula is C20H43N3. The van der Waals surface area contributed by atoms with E-state index in [-0.39, 0.29) is 5.66 Å². The van der Waals surface area contributed by atoms with E-state index >= 15 is 0 Å². The number of nitrogens with one attached hydrogen (secondary N) is 3. The van der Waals surface area contributed by atoms with Gasteiger partial charge in [0.25, 0.3) is 0 Å². The van der Waals surface area contributed by atoms with E-state index < -0.39 is 0 Å². The topological polar surface area (TPSA) is 36.1 Å². The van der Waals surface area contributed by atoms with Crippen LogP contribution in [0.25, 0.3) is 0 Å². The number of rotatable bonds is 16. The number of unbranched alkanes of at least 4 members (excludes halogenated alkanes) is 2. The summed E-state index contributed by atoms with van der Waals surface area (Å²) in [5, 5.41) is 10.8. The zero-order valence-corrected chi connectivity index (χ0v) is 16.6. The summed E-state index contributed by atoms with van der Waals surface area (Å²) < 4.78 is 0. The average Bonchev–Trinajstić information content (AvgIpc) is 2.58. The molecule has 23 heavy (non-hydrogen) atoms. The SMILES string of the molecule is C=C(CC)C(CCC[C@H](C)CC)(NC)NCCNCCCCC. The quantitative estimate of drug-likeness (QED) is 0.223. The van der Waals surface area contributed by atoms with Crippen molar-refractivity contribution in [3.8, 4) is 0 Å². The van der Waals surface area contributed by atoms with Gasteiger partial charge in [-0.25, -0.2) is 0 Å². The van der Waals surface area contributed by atoms with Crippen LogP contribution < -0.4 is 16.0 Å². The highest BCUT2D eigenvalue weighted by atomic mass is 15.2. The van der Waals surface area contributed by atoms with Gasteiger partial charge in [0.2, 0.25) is 0 Å². The summed E-state index contributed by atoms with van der Waals surface area (Å²) in [5.74, 6) is 0.819. The Kier molecular flexibility index (Phi) is 13.8. The molecule has 0 bridgehead atoms. The van der Waals surface area contributed by atoms with Gasteiger partial charge in [0.05, 0.1) is 5.66 Å². The molecule has 0 rings (SSSR count). The van der Waals surface area contributed by atoms with Crippen molar-refractivity contribution in [2.75, 3.05) is 26.7 Å². The molecule has 0 fully saturated rings. The van der Waals surface area contributed by atoms with Gasteiger partial charge in [0, 0.05) is 13.1 Å². The second-order valence-corrected chi connectivity index (χ2v) is 6.90. The molecule has 3 nitrogen and oxygen atoms in total. The van der Waals surface area contributed by atoms with Crippen molar-refractivity contribution >= 4 is 0 Å². The van der Waals surface area contributed by atoms with Gasteiger partial charge in [-0.3, -0.25) is 10.6 Å². The molecular weight excluding hydrogens is 282 g/mol. The Morgan fingerprint density at radius 2 is 1.78 bits per heavy atom. The van der Waals surface area contributed by atoms with Crippen LogP contribution in [0.1, 0.15) is 79.1 Å². The fourth-order valence-corrected chi connectivity index (χ4v) is 2.99. The van der Waals surface area contributed by atoms with Gasteiger partial charge in [-0.15, -0.1) is 0 Å². The summed E-state index contributed by atoms with van der Waals surface area (Å²) in [4.78, 5) is 0. The first-order valence-corrected chi connectivity index (χ1v) is 9.89. The second kappa shape index (κ2) is 14.0. The lowest BCUT2D eigenvalue weighted by Gasteiger charge is -2.37. The van der Waals surface area contributed by atoms with Gasteiger partial charge in [0.1, 0.15) is 0 Å². The highest BCUT2D eigenvalue weighted by Gasteiger charge is 2.29. The first kappa shape index (κ1) is 22.6. The monoisotopic (exact) mass is 325 g/mol. The molecule has 0 radical (unpaired) electrons. The Hall–Kier alpha value is -0.380. The molecule has 0 spiro atoms. The molecule has 0 aromatic carbocycles. The summed E-state index contributed by atoms with van der Waals surface area (Å²) in [6.07, 6.45) is 9.84. The van der Waals surface area contributed by atoms with E-state index in [1.165, 1.54) is 44.1 Å². The zero-order chi connectivity index (χ0) is 17.6. The fourth-order valence-electron chi connectivity index (χ4n) is 2.99. The third kappa shape index (κ3) is 9.49. The summed E-state index contributed by atoms with van der Waals surface area (Å²) in [6, 6.07) is 0. The summed E-state index contributed by atoms with van der Waals surface area (Å²) in [6.45, 7) is 16.5. The van der Waals surface area contributed by atoms with Crippen LogP contribution in [0.5, 0.6) is 0 Å². The number of likely N-dealkylation sites (N-methyl/N-ethyl adjacent to an activating group) is 1. The third-order valence-corrected chi connectivity index (χ3v) is 5.09. The Morgan fingerprint density at radius 3 is 2.35 bits per heavy atom. The van der Waals surface area contributed by atoms with E-state index in [0.717, 1.165) is 38.4 Å². The van der Waals surface area contributed by atoms with E-state index in [2.05, 4.69) is 57.3 Å². The van der Waals surface area contributed by atoms with E-state index in [0.29, 0.717) is 0 Å². The van der Waals surface area contributed by atoms with Crippen molar-refractivity contribution in [3.63, 3.8) is 0 Å². The van der Waals surface area contributed by atoms with Crippen molar-refractivity contribution in [1.29, 1.82) is 0 Å². The molecule has 0 aromatic rings. The van der Waals surface area contributed by atoms with Crippen LogP contribution in [0.3, 0.4) is 0 Å². The van der Waals surface area contributed by atoms with Crippen molar-refractivity contribution in [2.24, 2.45) is 5.92 Å². The molecule has 1 unspecified atom stereocenters. The predicted molar refractivity (Wildman–Crippen MR) is 105 cm³/mol. The average molecular weight is 326 g/mol. The highest BCUT2D eigenvalue weighted by molar-refractivity contribution is 5.14. The van der Waals surface area contributed by atoms with Crippen LogP contribution in [0.15, 0.2) is 12.2 Å². The van der Waals surface area contributed by atoms with Crippen LogP contribution in [-0.4, -0.2) is 32.3 Å². The maximum Gasteiger partial charge on any atom is 0.0904 e. The standard InChI is InChI=1S/C20H43N3/c1-7-10-11-15-22-16-17-23-20(21-6,19(5)9-3)14-12-13-18(4)8-2/h18,21-23H,5,7-17H2,1-4,6H3/t18-,20?/m1/s1. The first-order chi connectivity index (χ1) is 11.1. The number of hydrogen-bond acceptors (Lipinski definition) is 3. The summed E-state index contributed by atoms with van der Waals surface area (Å²) >= 11 is 0. The van der Waals surface area contributed by atoms with Crippen LogP contribution in [0, 0.1) is 5.92 Å². The van der Waals surface area contributed by atoms with Gasteiger partial charge >= 0.3 is 0 Å². The van der Waals surface area contributed by atoms with Gasteiger partial charge in [-0.2, -0.15) is 0 Å². The molecule has 0 aliphatic carbocycles. The maximum absolute atomic E-state index is 4.33. The molecule has 0 saturated carbocycles. The molecule has 2 atom stereocenters. The summed E-state index contributed by atoms with van der Waals surface area (Å²) in [7, 11) is 2.06. The second-order valence-electron chi connectivity index (χ2n) is 6.90. The Labute approximate surface area is 146 Å². The molecule has 0 aromatic heterocycles. The minimum atomic E-state index is -0.104. The van der Waals surface area contributed by atoms with Crippen LogP contribution >= 0.6 is 0 Å². The molecule has 138 valence electrons. The molecule has 0 aliphatic rings. The Morgan fingerprint density at radius 1 is 1.04 bits per heavy atom. The van der Waals surface area contributed by atoms with Crippen LogP contribution in [-0.2, 0) is 0 Å². The molecule has 3 heteroatoms. The lowest BCUT2D eigenvalue weighted by molar-refractivity contribution is 0.282. The maximum atomic E-state index is 4.33. The van der Waals surface area contributed by atoms with Gasteiger partial charge in [-0.05, 0) is 50.8 Å². The minimum Gasteiger partial charge on any atom is -0.315 e. The van der Waals surface area contributed by atoms with Gasteiger partial charge < -0.3 is 5.32 Å². The molecule has 0 amide bonds. The van der Waals surface area contributed by atoms with E-state index in [1.54, 1.807) is 0 Å². The predicted octanol–water partition coefficient (Wildman–Crippen LogP) is 4.45. The molecule has 3 N–H and O–H groups in total. The van der Waals surface area contributed by atoms with Gasteiger partial charge in [-0.1, -0.05) is 60.0 Å². The van der Waals surface area contributed by atoms with E-state index in [9.17, 15) is 0 Å². The number of hydrogen-bond donors (Lipinski definition) is 3. The van der Waals surface area contributed by atoms with Crippen LogP contribution in [0.2, 0.25) is 0 Å². The van der Waals surface area contributed by atoms with E-state index in [1.807, 2.05) is 0 Å². The lowest BCUT2D eigenvalue weighted by Crippen LogP contribution is -2.58.